The normalized spacial score (nSPS) is 13.7. The molecule has 0 spiro atoms. The van der Waals surface area contributed by atoms with E-state index in [0.717, 1.165) is 12.1 Å². The number of benzene rings is 1. The molecule has 0 saturated carbocycles. The number of hydrogen-bond acceptors (Lipinski definition) is 2. The summed E-state index contributed by atoms with van der Waals surface area (Å²) in [6.45, 7) is 10.1. The van der Waals surface area contributed by atoms with Crippen molar-refractivity contribution in [2.45, 2.75) is 45.8 Å². The summed E-state index contributed by atoms with van der Waals surface area (Å²) in [5.74, 6) is -0.213. The molecule has 0 aliphatic rings. The molecule has 1 unspecified atom stereocenters. The lowest BCUT2D eigenvalue weighted by molar-refractivity contribution is 0.387. The van der Waals surface area contributed by atoms with Crippen molar-refractivity contribution in [1.29, 1.82) is 0 Å². The van der Waals surface area contributed by atoms with Gasteiger partial charge in [-0.2, -0.15) is 0 Å². The fourth-order valence-corrected chi connectivity index (χ4v) is 1.91. The third kappa shape index (κ3) is 5.46. The molecule has 0 heterocycles. The molecule has 1 aromatic carbocycles. The van der Waals surface area contributed by atoms with Crippen LogP contribution < -0.4 is 10.6 Å². The van der Waals surface area contributed by atoms with E-state index in [-0.39, 0.29) is 11.4 Å². The minimum Gasteiger partial charge on any atom is -0.311 e. The summed E-state index contributed by atoms with van der Waals surface area (Å²) >= 11 is 3.27. The lowest BCUT2D eigenvalue weighted by Crippen LogP contribution is -2.44. The Morgan fingerprint density at radius 1 is 1.33 bits per heavy atom. The average molecular weight is 317 g/mol. The highest BCUT2D eigenvalue weighted by atomic mass is 79.9. The van der Waals surface area contributed by atoms with Crippen LogP contribution in [0.15, 0.2) is 22.7 Å². The zero-order valence-electron chi connectivity index (χ0n) is 11.5. The Morgan fingerprint density at radius 2 is 2.00 bits per heavy atom. The Morgan fingerprint density at radius 3 is 2.61 bits per heavy atom. The van der Waals surface area contributed by atoms with Crippen LogP contribution in [0.4, 0.5) is 4.39 Å². The zero-order valence-corrected chi connectivity index (χ0v) is 13.1. The van der Waals surface area contributed by atoms with E-state index in [1.54, 1.807) is 6.07 Å². The second-order valence-electron chi connectivity index (χ2n) is 5.63. The molecule has 2 N–H and O–H groups in total. The van der Waals surface area contributed by atoms with Crippen LogP contribution in [0.25, 0.3) is 0 Å². The van der Waals surface area contributed by atoms with Crippen LogP contribution in [0.5, 0.6) is 0 Å². The fourth-order valence-electron chi connectivity index (χ4n) is 1.50. The van der Waals surface area contributed by atoms with Crippen LogP contribution in [0.1, 0.15) is 33.3 Å². The van der Waals surface area contributed by atoms with Crippen LogP contribution in [0.2, 0.25) is 0 Å². The second-order valence-corrected chi connectivity index (χ2v) is 6.42. The van der Waals surface area contributed by atoms with Gasteiger partial charge in [-0.05, 0) is 55.3 Å². The van der Waals surface area contributed by atoms with Crippen molar-refractivity contribution in [3.05, 3.63) is 34.1 Å². The maximum absolute atomic E-state index is 13.3. The average Bonchev–Trinajstić information content (AvgIpc) is 2.27. The van der Waals surface area contributed by atoms with Gasteiger partial charge in [0.15, 0.2) is 0 Å². The zero-order chi connectivity index (χ0) is 13.8. The van der Waals surface area contributed by atoms with Crippen LogP contribution in [0.3, 0.4) is 0 Å². The molecule has 1 aromatic rings. The van der Waals surface area contributed by atoms with Gasteiger partial charge in [-0.3, -0.25) is 0 Å². The topological polar surface area (TPSA) is 24.1 Å². The van der Waals surface area contributed by atoms with E-state index in [1.807, 2.05) is 6.07 Å². The summed E-state index contributed by atoms with van der Waals surface area (Å²) in [7, 11) is 0. The molecule has 0 bridgehead atoms. The molecule has 0 aromatic heterocycles. The van der Waals surface area contributed by atoms with Crippen molar-refractivity contribution in [2.75, 3.05) is 6.54 Å². The fraction of sp³-hybridized carbons (Fsp3) is 0.571. The molecule has 0 amide bonds. The molecule has 18 heavy (non-hydrogen) atoms. The highest BCUT2D eigenvalue weighted by molar-refractivity contribution is 9.10. The highest BCUT2D eigenvalue weighted by Crippen LogP contribution is 2.20. The van der Waals surface area contributed by atoms with E-state index in [1.165, 1.54) is 6.07 Å². The summed E-state index contributed by atoms with van der Waals surface area (Å²) in [6, 6.07) is 5.44. The van der Waals surface area contributed by atoms with Gasteiger partial charge in [0.1, 0.15) is 5.82 Å². The molecule has 1 rings (SSSR count). The summed E-state index contributed by atoms with van der Waals surface area (Å²) < 4.78 is 13.9. The predicted octanol–water partition coefficient (Wildman–Crippen LogP) is 3.45. The largest absolute Gasteiger partial charge is 0.311 e. The minimum atomic E-state index is -0.213. The van der Waals surface area contributed by atoms with Gasteiger partial charge >= 0.3 is 0 Å². The van der Waals surface area contributed by atoms with Gasteiger partial charge in [-0.25, -0.2) is 4.39 Å². The Hall–Kier alpha value is -0.450. The molecule has 2 nitrogen and oxygen atoms in total. The van der Waals surface area contributed by atoms with Gasteiger partial charge < -0.3 is 10.6 Å². The van der Waals surface area contributed by atoms with Crippen LogP contribution in [0, 0.1) is 5.82 Å². The molecule has 4 heteroatoms. The first-order valence-corrected chi connectivity index (χ1v) is 7.00. The van der Waals surface area contributed by atoms with Crippen LogP contribution >= 0.6 is 15.9 Å². The molecule has 0 fully saturated rings. The predicted molar refractivity (Wildman–Crippen MR) is 78.2 cm³/mol. The van der Waals surface area contributed by atoms with E-state index in [9.17, 15) is 4.39 Å². The Kier molecular flexibility index (Phi) is 5.76. The van der Waals surface area contributed by atoms with Crippen LogP contribution in [-0.4, -0.2) is 18.1 Å². The Balaban J connectivity index is 2.43. The van der Waals surface area contributed by atoms with Crippen molar-refractivity contribution in [3.8, 4) is 0 Å². The van der Waals surface area contributed by atoms with Gasteiger partial charge in [-0.15, -0.1) is 0 Å². The van der Waals surface area contributed by atoms with Crippen molar-refractivity contribution in [3.63, 3.8) is 0 Å². The van der Waals surface area contributed by atoms with Crippen molar-refractivity contribution in [2.24, 2.45) is 0 Å². The van der Waals surface area contributed by atoms with Crippen molar-refractivity contribution < 1.29 is 4.39 Å². The van der Waals surface area contributed by atoms with Gasteiger partial charge in [-0.1, -0.05) is 12.1 Å². The molecule has 0 aliphatic heterocycles. The van der Waals surface area contributed by atoms with Crippen molar-refractivity contribution >= 4 is 15.9 Å². The molecular weight excluding hydrogens is 295 g/mol. The van der Waals surface area contributed by atoms with Gasteiger partial charge in [0.2, 0.25) is 0 Å². The molecule has 102 valence electrons. The van der Waals surface area contributed by atoms with E-state index in [0.29, 0.717) is 17.1 Å². The minimum absolute atomic E-state index is 0.120. The van der Waals surface area contributed by atoms with Gasteiger partial charge in [0.25, 0.3) is 0 Å². The first-order chi connectivity index (χ1) is 8.29. The lowest BCUT2D eigenvalue weighted by atomic mass is 10.1. The van der Waals surface area contributed by atoms with E-state index in [4.69, 9.17) is 0 Å². The third-order valence-corrected chi connectivity index (χ3v) is 3.50. The first-order valence-electron chi connectivity index (χ1n) is 6.21. The first kappa shape index (κ1) is 15.6. The number of hydrogen-bond donors (Lipinski definition) is 2. The number of halogens is 2. The van der Waals surface area contributed by atoms with Crippen LogP contribution in [-0.2, 0) is 6.54 Å². The standard InChI is InChI=1S/C14H22BrFN2/c1-10(8-18-14(2,3)4)17-9-11-6-5-7-12(16)13(11)15/h5-7,10,17-18H,8-9H2,1-4H3. The van der Waals surface area contributed by atoms with E-state index in [2.05, 4.69) is 54.3 Å². The van der Waals surface area contributed by atoms with E-state index < -0.39 is 0 Å². The third-order valence-electron chi connectivity index (χ3n) is 2.61. The maximum Gasteiger partial charge on any atom is 0.137 e. The smallest absolute Gasteiger partial charge is 0.137 e. The van der Waals surface area contributed by atoms with Crippen molar-refractivity contribution in [1.82, 2.24) is 10.6 Å². The Labute approximate surface area is 117 Å². The summed E-state index contributed by atoms with van der Waals surface area (Å²) in [5.41, 5.74) is 1.06. The molecule has 0 radical (unpaired) electrons. The molecule has 0 aliphatic carbocycles. The molecule has 1 atom stereocenters. The monoisotopic (exact) mass is 316 g/mol. The van der Waals surface area contributed by atoms with Gasteiger partial charge in [0, 0.05) is 24.7 Å². The highest BCUT2D eigenvalue weighted by Gasteiger charge is 2.11. The summed E-state index contributed by atoms with van der Waals surface area (Å²) in [6.07, 6.45) is 0. The number of rotatable bonds is 5. The van der Waals surface area contributed by atoms with E-state index >= 15 is 0 Å². The second kappa shape index (κ2) is 6.64. The summed E-state index contributed by atoms with van der Waals surface area (Å²) in [4.78, 5) is 0. The maximum atomic E-state index is 13.3. The number of nitrogens with one attached hydrogen (secondary N) is 2. The Bertz CT molecular complexity index is 388. The lowest BCUT2D eigenvalue weighted by Gasteiger charge is -2.24. The SMILES string of the molecule is CC(CNC(C)(C)C)NCc1cccc(F)c1Br. The van der Waals surface area contributed by atoms with Gasteiger partial charge in [0.05, 0.1) is 4.47 Å². The molecular formula is C14H22BrFN2. The quantitative estimate of drug-likeness (QED) is 0.869. The molecule has 0 saturated heterocycles. The summed E-state index contributed by atoms with van der Waals surface area (Å²) in [5, 5.41) is 6.82.